The van der Waals surface area contributed by atoms with E-state index in [2.05, 4.69) is 5.32 Å². The second kappa shape index (κ2) is 8.11. The van der Waals surface area contributed by atoms with Gasteiger partial charge in [-0.25, -0.2) is 13.2 Å². The van der Waals surface area contributed by atoms with Gasteiger partial charge in [0.15, 0.2) is 0 Å². The average molecular weight is 355 g/mol. The summed E-state index contributed by atoms with van der Waals surface area (Å²) < 4.78 is 29.2. The van der Waals surface area contributed by atoms with E-state index in [1.807, 2.05) is 30.3 Å². The van der Waals surface area contributed by atoms with E-state index in [4.69, 9.17) is 4.74 Å². The van der Waals surface area contributed by atoms with Crippen LogP contribution in [-0.4, -0.2) is 68.6 Å². The standard InChI is InChI=1S/C15H21N3O5S/c1-24(21,22)18-9-7-17(8-10-18)14(19)11-16-15(20)23-12-13-5-3-2-4-6-13/h2-6H,7-12H2,1H3,(H,16,20). The molecular formula is C15H21N3O5S. The summed E-state index contributed by atoms with van der Waals surface area (Å²) in [6.07, 6.45) is 0.483. The van der Waals surface area contributed by atoms with E-state index in [1.165, 1.54) is 9.21 Å². The Kier molecular flexibility index (Phi) is 6.16. The molecule has 0 bridgehead atoms. The molecule has 1 saturated heterocycles. The molecule has 0 aromatic heterocycles. The number of hydrogen-bond donors (Lipinski definition) is 1. The van der Waals surface area contributed by atoms with Gasteiger partial charge in [-0.1, -0.05) is 30.3 Å². The Morgan fingerprint density at radius 1 is 1.12 bits per heavy atom. The van der Waals surface area contributed by atoms with Crippen LogP contribution < -0.4 is 5.32 Å². The van der Waals surface area contributed by atoms with Crippen LogP contribution in [0.3, 0.4) is 0 Å². The van der Waals surface area contributed by atoms with E-state index in [1.54, 1.807) is 0 Å². The van der Waals surface area contributed by atoms with E-state index in [-0.39, 0.29) is 32.1 Å². The zero-order valence-electron chi connectivity index (χ0n) is 13.5. The highest BCUT2D eigenvalue weighted by molar-refractivity contribution is 7.88. The van der Waals surface area contributed by atoms with Crippen molar-refractivity contribution < 1.29 is 22.7 Å². The van der Waals surface area contributed by atoms with E-state index in [0.29, 0.717) is 13.1 Å². The SMILES string of the molecule is CS(=O)(=O)N1CCN(C(=O)CNC(=O)OCc2ccccc2)CC1. The monoisotopic (exact) mass is 355 g/mol. The molecule has 1 heterocycles. The molecule has 1 aliphatic rings. The first-order valence-corrected chi connectivity index (χ1v) is 9.38. The van der Waals surface area contributed by atoms with Crippen LogP contribution in [0.25, 0.3) is 0 Å². The number of carbonyl (C=O) groups is 2. The normalized spacial score (nSPS) is 15.8. The number of carbonyl (C=O) groups excluding carboxylic acids is 2. The minimum Gasteiger partial charge on any atom is -0.445 e. The number of hydrogen-bond acceptors (Lipinski definition) is 5. The molecule has 0 atom stereocenters. The second-order valence-corrected chi connectivity index (χ2v) is 7.44. The summed E-state index contributed by atoms with van der Waals surface area (Å²) in [4.78, 5) is 25.1. The molecule has 24 heavy (non-hydrogen) atoms. The first-order valence-electron chi connectivity index (χ1n) is 7.54. The summed E-state index contributed by atoms with van der Waals surface area (Å²) in [5.74, 6) is -0.264. The number of piperazine rings is 1. The van der Waals surface area contributed by atoms with Crippen LogP contribution in [0, 0.1) is 0 Å². The quantitative estimate of drug-likeness (QED) is 0.803. The van der Waals surface area contributed by atoms with Crippen molar-refractivity contribution >= 4 is 22.0 Å². The first kappa shape index (κ1) is 18.2. The number of nitrogens with one attached hydrogen (secondary N) is 1. The Bertz CT molecular complexity index is 670. The Morgan fingerprint density at radius 3 is 2.33 bits per heavy atom. The van der Waals surface area contributed by atoms with Gasteiger partial charge in [0.1, 0.15) is 13.2 Å². The number of alkyl carbamates (subject to hydrolysis) is 1. The number of rotatable bonds is 5. The van der Waals surface area contributed by atoms with Gasteiger partial charge in [0, 0.05) is 26.2 Å². The van der Waals surface area contributed by atoms with Crippen molar-refractivity contribution in [2.24, 2.45) is 0 Å². The fraction of sp³-hybridized carbons (Fsp3) is 0.467. The van der Waals surface area contributed by atoms with Gasteiger partial charge in [-0.15, -0.1) is 0 Å². The van der Waals surface area contributed by atoms with Gasteiger partial charge in [-0.3, -0.25) is 4.79 Å². The van der Waals surface area contributed by atoms with E-state index in [0.717, 1.165) is 11.8 Å². The Labute approximate surface area is 141 Å². The molecular weight excluding hydrogens is 334 g/mol. The third kappa shape index (κ3) is 5.50. The molecule has 1 aromatic carbocycles. The second-order valence-electron chi connectivity index (χ2n) is 5.46. The molecule has 9 heteroatoms. The maximum Gasteiger partial charge on any atom is 0.407 e. The molecule has 0 aliphatic carbocycles. The minimum atomic E-state index is -3.23. The molecule has 0 spiro atoms. The first-order chi connectivity index (χ1) is 11.4. The molecule has 1 N–H and O–H groups in total. The van der Waals surface area contributed by atoms with Crippen LogP contribution in [0.5, 0.6) is 0 Å². The van der Waals surface area contributed by atoms with Gasteiger partial charge in [-0.2, -0.15) is 4.31 Å². The summed E-state index contributed by atoms with van der Waals surface area (Å²) in [7, 11) is -3.23. The van der Waals surface area contributed by atoms with Crippen molar-refractivity contribution in [1.82, 2.24) is 14.5 Å². The Balaban J connectivity index is 1.69. The largest absolute Gasteiger partial charge is 0.445 e. The molecule has 0 unspecified atom stereocenters. The summed E-state index contributed by atoms with van der Waals surface area (Å²) in [6.45, 7) is 1.12. The number of nitrogens with zero attached hydrogens (tertiary/aromatic N) is 2. The summed E-state index contributed by atoms with van der Waals surface area (Å²) in [6, 6.07) is 9.22. The number of ether oxygens (including phenoxy) is 1. The highest BCUT2D eigenvalue weighted by atomic mass is 32.2. The molecule has 2 amide bonds. The van der Waals surface area contributed by atoms with Gasteiger partial charge in [0.2, 0.25) is 15.9 Å². The molecule has 2 rings (SSSR count). The topological polar surface area (TPSA) is 96.0 Å². The van der Waals surface area contributed by atoms with Crippen molar-refractivity contribution in [1.29, 1.82) is 0 Å². The summed E-state index contributed by atoms with van der Waals surface area (Å²) in [5.41, 5.74) is 0.857. The fourth-order valence-electron chi connectivity index (χ4n) is 2.30. The van der Waals surface area contributed by atoms with Crippen molar-refractivity contribution in [3.05, 3.63) is 35.9 Å². The molecule has 1 aliphatic heterocycles. The lowest BCUT2D eigenvalue weighted by molar-refractivity contribution is -0.131. The van der Waals surface area contributed by atoms with Crippen LogP contribution in [0.1, 0.15) is 5.56 Å². The van der Waals surface area contributed by atoms with Gasteiger partial charge < -0.3 is 15.0 Å². The Morgan fingerprint density at radius 2 is 1.75 bits per heavy atom. The Hall–Kier alpha value is -2.13. The maximum absolute atomic E-state index is 12.0. The lowest BCUT2D eigenvalue weighted by Gasteiger charge is -2.33. The summed E-state index contributed by atoms with van der Waals surface area (Å²) >= 11 is 0. The predicted octanol–water partition coefficient (Wildman–Crippen LogP) is 0.0166. The fourth-order valence-corrected chi connectivity index (χ4v) is 3.13. The van der Waals surface area contributed by atoms with Gasteiger partial charge in [-0.05, 0) is 5.56 Å². The van der Waals surface area contributed by atoms with Crippen LogP contribution in [-0.2, 0) is 26.2 Å². The van der Waals surface area contributed by atoms with Crippen LogP contribution in [0.4, 0.5) is 4.79 Å². The molecule has 0 saturated carbocycles. The van der Waals surface area contributed by atoms with Crippen molar-refractivity contribution in [3.8, 4) is 0 Å². The van der Waals surface area contributed by atoms with Crippen LogP contribution >= 0.6 is 0 Å². The van der Waals surface area contributed by atoms with Crippen LogP contribution in [0.2, 0.25) is 0 Å². The molecule has 1 fully saturated rings. The zero-order chi connectivity index (χ0) is 17.6. The lowest BCUT2D eigenvalue weighted by atomic mass is 10.2. The minimum absolute atomic E-state index is 0.133. The van der Waals surface area contributed by atoms with Gasteiger partial charge in [0.25, 0.3) is 0 Å². The highest BCUT2D eigenvalue weighted by Gasteiger charge is 2.26. The number of sulfonamides is 1. The third-order valence-corrected chi connectivity index (χ3v) is 4.96. The third-order valence-electron chi connectivity index (χ3n) is 3.66. The molecule has 132 valence electrons. The number of benzene rings is 1. The van der Waals surface area contributed by atoms with E-state index >= 15 is 0 Å². The van der Waals surface area contributed by atoms with Crippen molar-refractivity contribution in [3.63, 3.8) is 0 Å². The zero-order valence-corrected chi connectivity index (χ0v) is 14.3. The number of amides is 2. The van der Waals surface area contributed by atoms with Gasteiger partial charge >= 0.3 is 6.09 Å². The van der Waals surface area contributed by atoms with Crippen molar-refractivity contribution in [2.45, 2.75) is 6.61 Å². The molecule has 1 aromatic rings. The summed E-state index contributed by atoms with van der Waals surface area (Å²) in [5, 5.41) is 2.41. The molecule has 8 nitrogen and oxygen atoms in total. The predicted molar refractivity (Wildman–Crippen MR) is 87.6 cm³/mol. The van der Waals surface area contributed by atoms with Gasteiger partial charge in [0.05, 0.1) is 6.26 Å². The smallest absolute Gasteiger partial charge is 0.407 e. The van der Waals surface area contributed by atoms with E-state index < -0.39 is 16.1 Å². The highest BCUT2D eigenvalue weighted by Crippen LogP contribution is 2.06. The van der Waals surface area contributed by atoms with Crippen LogP contribution in [0.15, 0.2) is 30.3 Å². The average Bonchev–Trinajstić information content (AvgIpc) is 2.58. The van der Waals surface area contributed by atoms with Crippen molar-refractivity contribution in [2.75, 3.05) is 39.0 Å². The maximum atomic E-state index is 12.0. The van der Waals surface area contributed by atoms with E-state index in [9.17, 15) is 18.0 Å². The molecule has 0 radical (unpaired) electrons. The lowest BCUT2D eigenvalue weighted by Crippen LogP contribution is -2.52.